The molecule has 0 spiro atoms. The highest BCUT2D eigenvalue weighted by molar-refractivity contribution is 4.95. The molecule has 2 unspecified atom stereocenters. The zero-order chi connectivity index (χ0) is 12.3. The fourth-order valence-corrected chi connectivity index (χ4v) is 3.09. The Bertz CT molecular complexity index is 228. The van der Waals surface area contributed by atoms with Crippen molar-refractivity contribution in [1.82, 2.24) is 10.2 Å². The van der Waals surface area contributed by atoms with Gasteiger partial charge in [0, 0.05) is 31.7 Å². The number of nitrogens with one attached hydrogen (secondary N) is 1. The van der Waals surface area contributed by atoms with Gasteiger partial charge in [-0.1, -0.05) is 13.8 Å². The Morgan fingerprint density at radius 3 is 2.71 bits per heavy atom. The molecule has 1 aliphatic carbocycles. The van der Waals surface area contributed by atoms with Gasteiger partial charge >= 0.3 is 0 Å². The number of halogens is 1. The van der Waals surface area contributed by atoms with Crippen LogP contribution < -0.4 is 5.32 Å². The van der Waals surface area contributed by atoms with E-state index in [9.17, 15) is 4.39 Å². The van der Waals surface area contributed by atoms with E-state index in [2.05, 4.69) is 24.1 Å². The van der Waals surface area contributed by atoms with Crippen LogP contribution in [-0.2, 0) is 0 Å². The first-order valence-corrected chi connectivity index (χ1v) is 7.24. The first-order chi connectivity index (χ1) is 8.20. The van der Waals surface area contributed by atoms with E-state index in [1.54, 1.807) is 0 Å². The maximum atomic E-state index is 12.4. The molecule has 17 heavy (non-hydrogen) atoms. The molecule has 2 nitrogen and oxygen atoms in total. The Morgan fingerprint density at radius 1 is 1.35 bits per heavy atom. The molecular weight excluding hydrogens is 215 g/mol. The van der Waals surface area contributed by atoms with E-state index in [1.165, 1.54) is 19.3 Å². The van der Waals surface area contributed by atoms with Gasteiger partial charge in [-0.2, -0.15) is 0 Å². The molecule has 1 heterocycles. The molecule has 2 aliphatic rings. The number of piperazine rings is 1. The molecule has 0 aromatic carbocycles. The molecule has 100 valence electrons. The normalized spacial score (nSPS) is 31.1. The van der Waals surface area contributed by atoms with E-state index in [1.807, 2.05) is 0 Å². The Kier molecular flexibility index (Phi) is 4.80. The molecule has 1 aliphatic heterocycles. The Hall–Kier alpha value is -0.150. The van der Waals surface area contributed by atoms with Crippen LogP contribution in [0.15, 0.2) is 0 Å². The third kappa shape index (κ3) is 3.92. The first kappa shape index (κ1) is 13.3. The highest BCUT2D eigenvalue weighted by Crippen LogP contribution is 2.36. The monoisotopic (exact) mass is 242 g/mol. The maximum absolute atomic E-state index is 12.4. The average Bonchev–Trinajstić information content (AvgIpc) is 3.09. The summed E-state index contributed by atoms with van der Waals surface area (Å²) in [5.74, 6) is 1.63. The van der Waals surface area contributed by atoms with Crippen LogP contribution in [0.5, 0.6) is 0 Å². The third-order valence-corrected chi connectivity index (χ3v) is 4.04. The number of hydrogen-bond acceptors (Lipinski definition) is 2. The lowest BCUT2D eigenvalue weighted by Crippen LogP contribution is -2.57. The molecule has 1 saturated heterocycles. The van der Waals surface area contributed by atoms with E-state index >= 15 is 0 Å². The maximum Gasteiger partial charge on any atom is 0.0906 e. The van der Waals surface area contributed by atoms with Crippen LogP contribution in [-0.4, -0.2) is 43.3 Å². The zero-order valence-corrected chi connectivity index (χ0v) is 11.3. The summed E-state index contributed by atoms with van der Waals surface area (Å²) >= 11 is 0. The minimum Gasteiger partial charge on any atom is -0.311 e. The molecule has 0 radical (unpaired) electrons. The number of nitrogens with zero attached hydrogens (tertiary/aromatic N) is 1. The molecule has 1 N–H and O–H groups in total. The molecule has 2 fully saturated rings. The second kappa shape index (κ2) is 6.14. The second-order valence-electron chi connectivity index (χ2n) is 6.18. The molecule has 2 atom stereocenters. The summed E-state index contributed by atoms with van der Waals surface area (Å²) in [5.41, 5.74) is 0. The quantitative estimate of drug-likeness (QED) is 0.769. The lowest BCUT2D eigenvalue weighted by atomic mass is 9.98. The molecule has 2 rings (SSSR count). The van der Waals surface area contributed by atoms with Crippen molar-refractivity contribution in [3.05, 3.63) is 0 Å². The standard InChI is InChI=1S/C14H27FN2/c1-11(2)8-13-10-17(7-3-6-15)14(9-16-13)12-4-5-12/h11-14,16H,3-10H2,1-2H3. The van der Waals surface area contributed by atoms with E-state index in [4.69, 9.17) is 0 Å². The highest BCUT2D eigenvalue weighted by atomic mass is 19.1. The van der Waals surface area contributed by atoms with Crippen LogP contribution in [0.3, 0.4) is 0 Å². The van der Waals surface area contributed by atoms with E-state index < -0.39 is 0 Å². The van der Waals surface area contributed by atoms with Gasteiger partial charge in [-0.05, 0) is 37.5 Å². The van der Waals surface area contributed by atoms with Gasteiger partial charge < -0.3 is 5.32 Å². The molecular formula is C14H27FN2. The van der Waals surface area contributed by atoms with Crippen molar-refractivity contribution in [2.24, 2.45) is 11.8 Å². The lowest BCUT2D eigenvalue weighted by Gasteiger charge is -2.41. The van der Waals surface area contributed by atoms with Gasteiger partial charge in [0.1, 0.15) is 0 Å². The van der Waals surface area contributed by atoms with Crippen LogP contribution in [0.4, 0.5) is 4.39 Å². The van der Waals surface area contributed by atoms with Crippen molar-refractivity contribution in [3.63, 3.8) is 0 Å². The summed E-state index contributed by atoms with van der Waals surface area (Å²) in [6.45, 7) is 7.58. The summed E-state index contributed by atoms with van der Waals surface area (Å²) in [6, 6.07) is 1.30. The van der Waals surface area contributed by atoms with Crippen LogP contribution in [0, 0.1) is 11.8 Å². The summed E-state index contributed by atoms with van der Waals surface area (Å²) in [4.78, 5) is 2.56. The summed E-state index contributed by atoms with van der Waals surface area (Å²) in [7, 11) is 0. The van der Waals surface area contributed by atoms with Crippen LogP contribution >= 0.6 is 0 Å². The third-order valence-electron chi connectivity index (χ3n) is 4.04. The fraction of sp³-hybridized carbons (Fsp3) is 1.00. The fourth-order valence-electron chi connectivity index (χ4n) is 3.09. The van der Waals surface area contributed by atoms with Crippen LogP contribution in [0.25, 0.3) is 0 Å². The van der Waals surface area contributed by atoms with Crippen molar-refractivity contribution in [3.8, 4) is 0 Å². The van der Waals surface area contributed by atoms with Gasteiger partial charge in [0.25, 0.3) is 0 Å². The Morgan fingerprint density at radius 2 is 2.12 bits per heavy atom. The number of alkyl halides is 1. The first-order valence-electron chi connectivity index (χ1n) is 7.24. The van der Waals surface area contributed by atoms with Crippen molar-refractivity contribution in [1.29, 1.82) is 0 Å². The van der Waals surface area contributed by atoms with Crippen LogP contribution in [0.2, 0.25) is 0 Å². The minimum atomic E-state index is -0.170. The number of rotatable bonds is 6. The zero-order valence-electron chi connectivity index (χ0n) is 11.3. The summed E-state index contributed by atoms with van der Waals surface area (Å²) in [5, 5.41) is 3.69. The summed E-state index contributed by atoms with van der Waals surface area (Å²) in [6.07, 6.45) is 4.71. The van der Waals surface area contributed by atoms with Gasteiger partial charge in [-0.25, -0.2) is 0 Å². The van der Waals surface area contributed by atoms with Crippen molar-refractivity contribution in [2.45, 2.75) is 51.6 Å². The van der Waals surface area contributed by atoms with Gasteiger partial charge in [-0.15, -0.1) is 0 Å². The minimum absolute atomic E-state index is 0.170. The van der Waals surface area contributed by atoms with Crippen molar-refractivity contribution in [2.75, 3.05) is 26.3 Å². The van der Waals surface area contributed by atoms with Gasteiger partial charge in [0.05, 0.1) is 6.67 Å². The summed E-state index contributed by atoms with van der Waals surface area (Å²) < 4.78 is 12.4. The molecule has 0 aromatic rings. The Labute approximate surface area is 105 Å². The highest BCUT2D eigenvalue weighted by Gasteiger charge is 2.38. The predicted octanol–water partition coefficient (Wildman–Crippen LogP) is 2.44. The molecule has 0 aromatic heterocycles. The Balaban J connectivity index is 1.85. The second-order valence-corrected chi connectivity index (χ2v) is 6.18. The molecule has 3 heteroatoms. The largest absolute Gasteiger partial charge is 0.311 e. The average molecular weight is 242 g/mol. The van der Waals surface area contributed by atoms with Gasteiger partial charge in [-0.3, -0.25) is 9.29 Å². The smallest absolute Gasteiger partial charge is 0.0906 e. The van der Waals surface area contributed by atoms with Gasteiger partial charge in [0.2, 0.25) is 0 Å². The molecule has 0 bridgehead atoms. The van der Waals surface area contributed by atoms with E-state index in [-0.39, 0.29) is 6.67 Å². The number of hydrogen-bond donors (Lipinski definition) is 1. The lowest BCUT2D eigenvalue weighted by molar-refractivity contribution is 0.104. The van der Waals surface area contributed by atoms with E-state index in [0.29, 0.717) is 18.5 Å². The molecule has 1 saturated carbocycles. The topological polar surface area (TPSA) is 15.3 Å². The van der Waals surface area contributed by atoms with Crippen LogP contribution in [0.1, 0.15) is 39.5 Å². The molecule has 0 amide bonds. The predicted molar refractivity (Wildman–Crippen MR) is 69.9 cm³/mol. The van der Waals surface area contributed by atoms with Crippen molar-refractivity contribution < 1.29 is 4.39 Å². The van der Waals surface area contributed by atoms with Crippen molar-refractivity contribution >= 4 is 0 Å². The van der Waals surface area contributed by atoms with E-state index in [0.717, 1.165) is 31.5 Å². The SMILES string of the molecule is CC(C)CC1CN(CCCF)C(C2CC2)CN1. The van der Waals surface area contributed by atoms with Gasteiger partial charge in [0.15, 0.2) is 0 Å².